The number of benzene rings is 1. The lowest BCUT2D eigenvalue weighted by molar-refractivity contribution is -0.001000. The topological polar surface area (TPSA) is 38.9 Å². The summed E-state index contributed by atoms with van der Waals surface area (Å²) in [7, 11) is 0. The summed E-state index contributed by atoms with van der Waals surface area (Å²) >= 11 is 0. The standard InChI is InChI=1S/C10H10N2.2ClH/c11-6-9-3-1-2-8-4-5-12-7-10(8)9;;/h1-5,7H,6,11H2;2*1H/p-2. The van der Waals surface area contributed by atoms with Gasteiger partial charge in [-0.3, -0.25) is 4.98 Å². The van der Waals surface area contributed by atoms with Crippen molar-refractivity contribution in [3.05, 3.63) is 42.2 Å². The third-order valence-corrected chi connectivity index (χ3v) is 1.99. The summed E-state index contributed by atoms with van der Waals surface area (Å²) in [4.78, 5) is 4.07. The summed E-state index contributed by atoms with van der Waals surface area (Å²) in [5.74, 6) is 0. The van der Waals surface area contributed by atoms with Gasteiger partial charge < -0.3 is 30.5 Å². The van der Waals surface area contributed by atoms with E-state index in [4.69, 9.17) is 5.73 Å². The van der Waals surface area contributed by atoms with E-state index in [1.807, 2.05) is 24.4 Å². The summed E-state index contributed by atoms with van der Waals surface area (Å²) in [5, 5.41) is 2.36. The molecule has 0 atom stereocenters. The number of nitrogens with two attached hydrogens (primary N) is 1. The van der Waals surface area contributed by atoms with Crippen molar-refractivity contribution in [1.82, 2.24) is 4.98 Å². The maximum atomic E-state index is 5.59. The molecule has 0 radical (unpaired) electrons. The second-order valence-electron chi connectivity index (χ2n) is 2.72. The van der Waals surface area contributed by atoms with E-state index in [9.17, 15) is 0 Å². The molecule has 0 spiro atoms. The van der Waals surface area contributed by atoms with Crippen molar-refractivity contribution >= 4 is 10.8 Å². The quantitative estimate of drug-likeness (QED) is 0.537. The van der Waals surface area contributed by atoms with Crippen molar-refractivity contribution in [3.63, 3.8) is 0 Å². The number of hydrogen-bond donors (Lipinski definition) is 1. The van der Waals surface area contributed by atoms with E-state index >= 15 is 0 Å². The third-order valence-electron chi connectivity index (χ3n) is 1.99. The van der Waals surface area contributed by atoms with Crippen LogP contribution in [0.25, 0.3) is 10.8 Å². The van der Waals surface area contributed by atoms with Gasteiger partial charge in [-0.1, -0.05) is 18.2 Å². The van der Waals surface area contributed by atoms with Gasteiger partial charge in [0, 0.05) is 24.3 Å². The van der Waals surface area contributed by atoms with Crippen molar-refractivity contribution in [2.24, 2.45) is 5.73 Å². The van der Waals surface area contributed by atoms with Gasteiger partial charge >= 0.3 is 0 Å². The van der Waals surface area contributed by atoms with Gasteiger partial charge in [-0.05, 0) is 17.0 Å². The number of hydrogen-bond acceptors (Lipinski definition) is 2. The molecule has 4 heteroatoms. The lowest BCUT2D eigenvalue weighted by Gasteiger charge is -2.01. The van der Waals surface area contributed by atoms with Crippen LogP contribution in [0.3, 0.4) is 0 Å². The van der Waals surface area contributed by atoms with E-state index in [1.165, 1.54) is 5.39 Å². The minimum Gasteiger partial charge on any atom is -1.00 e. The van der Waals surface area contributed by atoms with Crippen molar-refractivity contribution in [1.29, 1.82) is 0 Å². The number of halogens is 2. The highest BCUT2D eigenvalue weighted by Gasteiger charge is 1.96. The fourth-order valence-electron chi connectivity index (χ4n) is 1.35. The zero-order valence-corrected chi connectivity index (χ0v) is 8.96. The first-order valence-corrected chi connectivity index (χ1v) is 3.93. The van der Waals surface area contributed by atoms with Crippen LogP contribution in [0.4, 0.5) is 0 Å². The fourth-order valence-corrected chi connectivity index (χ4v) is 1.35. The SMILES string of the molecule is NCc1cccc2ccncc12.[Cl-].[Cl-]. The van der Waals surface area contributed by atoms with Gasteiger partial charge in [-0.15, -0.1) is 0 Å². The zero-order valence-electron chi connectivity index (χ0n) is 7.45. The molecule has 14 heavy (non-hydrogen) atoms. The van der Waals surface area contributed by atoms with Gasteiger partial charge in [-0.25, -0.2) is 0 Å². The Bertz CT molecular complexity index is 399. The Morgan fingerprint density at radius 1 is 1.14 bits per heavy atom. The highest BCUT2D eigenvalue weighted by molar-refractivity contribution is 5.84. The molecule has 1 aromatic carbocycles. The van der Waals surface area contributed by atoms with Crippen LogP contribution in [0.1, 0.15) is 5.56 Å². The lowest BCUT2D eigenvalue weighted by atomic mass is 10.1. The average molecular weight is 229 g/mol. The molecule has 0 saturated carbocycles. The third kappa shape index (κ3) is 2.35. The van der Waals surface area contributed by atoms with Crippen LogP contribution >= 0.6 is 0 Å². The first-order chi connectivity index (χ1) is 5.92. The molecule has 0 aliphatic rings. The van der Waals surface area contributed by atoms with E-state index in [-0.39, 0.29) is 24.8 Å². The van der Waals surface area contributed by atoms with Gasteiger partial charge in [0.25, 0.3) is 0 Å². The summed E-state index contributed by atoms with van der Waals surface area (Å²) < 4.78 is 0. The molecule has 76 valence electrons. The molecular formula is C10H10Cl2N2-2. The normalized spacial score (nSPS) is 8.93. The molecule has 0 aliphatic heterocycles. The number of rotatable bonds is 1. The average Bonchev–Trinajstić information content (AvgIpc) is 2.17. The molecule has 2 aromatic rings. The van der Waals surface area contributed by atoms with Gasteiger partial charge in [0.1, 0.15) is 0 Å². The molecule has 2 rings (SSSR count). The highest BCUT2D eigenvalue weighted by atomic mass is 35.5. The van der Waals surface area contributed by atoms with Crippen LogP contribution in [-0.2, 0) is 6.54 Å². The Hall–Kier alpha value is -0.830. The first-order valence-electron chi connectivity index (χ1n) is 3.93. The lowest BCUT2D eigenvalue weighted by Crippen LogP contribution is -3.00. The minimum absolute atomic E-state index is 0. The summed E-state index contributed by atoms with van der Waals surface area (Å²) in [6, 6.07) is 8.11. The number of fused-ring (bicyclic) bond motifs is 1. The van der Waals surface area contributed by atoms with Crippen molar-refractivity contribution in [3.8, 4) is 0 Å². The molecule has 0 bridgehead atoms. The van der Waals surface area contributed by atoms with E-state index in [2.05, 4.69) is 11.1 Å². The van der Waals surface area contributed by atoms with Crippen molar-refractivity contribution in [2.75, 3.05) is 0 Å². The second-order valence-corrected chi connectivity index (χ2v) is 2.72. The Kier molecular flexibility index (Phi) is 5.46. The first kappa shape index (κ1) is 13.2. The van der Waals surface area contributed by atoms with Crippen LogP contribution < -0.4 is 30.5 Å². The van der Waals surface area contributed by atoms with Crippen LogP contribution in [0.15, 0.2) is 36.7 Å². The smallest absolute Gasteiger partial charge is 0.0349 e. The number of nitrogens with zero attached hydrogens (tertiary/aromatic N) is 1. The maximum Gasteiger partial charge on any atom is 0.0349 e. The monoisotopic (exact) mass is 228 g/mol. The van der Waals surface area contributed by atoms with Gasteiger partial charge in [0.05, 0.1) is 0 Å². The maximum absolute atomic E-state index is 5.59. The Labute approximate surface area is 95.3 Å². The molecule has 0 saturated heterocycles. The molecule has 0 amide bonds. The summed E-state index contributed by atoms with van der Waals surface area (Å²) in [6.07, 6.45) is 3.65. The minimum atomic E-state index is 0. The Morgan fingerprint density at radius 2 is 1.93 bits per heavy atom. The fraction of sp³-hybridized carbons (Fsp3) is 0.100. The largest absolute Gasteiger partial charge is 1.00 e. The second kappa shape index (κ2) is 5.81. The molecule has 2 nitrogen and oxygen atoms in total. The van der Waals surface area contributed by atoms with Crippen LogP contribution in [0, 0.1) is 0 Å². The van der Waals surface area contributed by atoms with Crippen LogP contribution in [0.5, 0.6) is 0 Å². The summed E-state index contributed by atoms with van der Waals surface area (Å²) in [6.45, 7) is 0.572. The van der Waals surface area contributed by atoms with Crippen LogP contribution in [-0.4, -0.2) is 4.98 Å². The number of pyridine rings is 1. The van der Waals surface area contributed by atoms with Crippen molar-refractivity contribution in [2.45, 2.75) is 6.54 Å². The molecule has 0 aliphatic carbocycles. The van der Waals surface area contributed by atoms with E-state index in [0.29, 0.717) is 6.54 Å². The van der Waals surface area contributed by atoms with E-state index in [0.717, 1.165) is 10.9 Å². The Morgan fingerprint density at radius 3 is 2.64 bits per heavy atom. The number of aromatic nitrogens is 1. The molecular weight excluding hydrogens is 219 g/mol. The van der Waals surface area contributed by atoms with E-state index in [1.54, 1.807) is 6.20 Å². The highest BCUT2D eigenvalue weighted by Crippen LogP contribution is 2.16. The van der Waals surface area contributed by atoms with Crippen molar-refractivity contribution < 1.29 is 24.8 Å². The predicted molar refractivity (Wildman–Crippen MR) is 49.6 cm³/mol. The van der Waals surface area contributed by atoms with Gasteiger partial charge in [0.15, 0.2) is 0 Å². The van der Waals surface area contributed by atoms with E-state index < -0.39 is 0 Å². The molecule has 2 N–H and O–H groups in total. The molecule has 1 aromatic heterocycles. The predicted octanol–water partition coefficient (Wildman–Crippen LogP) is -4.30. The molecule has 0 fully saturated rings. The van der Waals surface area contributed by atoms with Gasteiger partial charge in [0.2, 0.25) is 0 Å². The van der Waals surface area contributed by atoms with Crippen LogP contribution in [0.2, 0.25) is 0 Å². The van der Waals surface area contributed by atoms with Gasteiger partial charge in [-0.2, -0.15) is 0 Å². The summed E-state index contributed by atoms with van der Waals surface area (Å²) in [5.41, 5.74) is 6.74. The molecule has 0 unspecified atom stereocenters. The Balaban J connectivity index is 0.000000845. The zero-order chi connectivity index (χ0) is 8.39. The molecule has 1 heterocycles.